The summed E-state index contributed by atoms with van der Waals surface area (Å²) < 4.78 is 0. The van der Waals surface area contributed by atoms with E-state index in [1.165, 1.54) is 11.1 Å². The van der Waals surface area contributed by atoms with Crippen LogP contribution >= 0.6 is 0 Å². The maximum absolute atomic E-state index is 11.8. The minimum Gasteiger partial charge on any atom is -0.349 e. The molecule has 2 heteroatoms. The molecule has 3 aliphatic rings. The lowest BCUT2D eigenvalue weighted by molar-refractivity contribution is -0.122. The number of carbonyl (C=O) groups is 1. The van der Waals surface area contributed by atoms with Crippen LogP contribution in [0.3, 0.4) is 0 Å². The Morgan fingerprint density at radius 3 is 2.67 bits per heavy atom. The lowest BCUT2D eigenvalue weighted by Crippen LogP contribution is -2.25. The second kappa shape index (κ2) is 2.32. The fraction of sp³-hybridized carbons (Fsp3) is 0.308. The molecule has 1 aromatic rings. The van der Waals surface area contributed by atoms with Gasteiger partial charge in [-0.05, 0) is 11.1 Å². The molecule has 0 unspecified atom stereocenters. The summed E-state index contributed by atoms with van der Waals surface area (Å²) >= 11 is 0. The number of benzene rings is 1. The third kappa shape index (κ3) is 0.751. The van der Waals surface area contributed by atoms with Crippen LogP contribution in [0.25, 0.3) is 0 Å². The minimum atomic E-state index is 0.164. The van der Waals surface area contributed by atoms with Crippen molar-refractivity contribution in [2.24, 2.45) is 5.92 Å². The number of hydrogen-bond acceptors (Lipinski definition) is 1. The van der Waals surface area contributed by atoms with Crippen LogP contribution in [-0.4, -0.2) is 11.9 Å². The molecule has 0 aromatic heterocycles. The Hall–Kier alpha value is -1.57. The normalized spacial score (nSPS) is 39.1. The fourth-order valence-electron chi connectivity index (χ4n) is 3.45. The topological polar surface area (TPSA) is 29.1 Å². The highest BCUT2D eigenvalue weighted by Crippen LogP contribution is 2.54. The third-order valence-electron chi connectivity index (χ3n) is 4.01. The maximum atomic E-state index is 11.8. The van der Waals surface area contributed by atoms with Gasteiger partial charge in [0, 0.05) is 11.8 Å². The van der Waals surface area contributed by atoms with E-state index in [4.69, 9.17) is 0 Å². The lowest BCUT2D eigenvalue weighted by atomic mass is 9.82. The van der Waals surface area contributed by atoms with E-state index in [0.717, 1.165) is 0 Å². The average Bonchev–Trinajstić information content (AvgIpc) is 2.64. The van der Waals surface area contributed by atoms with Gasteiger partial charge in [0.2, 0.25) is 5.91 Å². The Kier molecular flexibility index (Phi) is 1.19. The molecular weight excluding hydrogens is 186 g/mol. The second-order valence-corrected chi connectivity index (χ2v) is 4.63. The van der Waals surface area contributed by atoms with Gasteiger partial charge in [0.05, 0.1) is 12.0 Å². The molecular formula is C13H11NO. The SMILES string of the molecule is O=C1N[C@H]2C=C[C@@H]3c4ccccc4[C@H]2[C@H]13. The zero-order valence-corrected chi connectivity index (χ0v) is 8.18. The molecule has 1 aromatic carbocycles. The monoisotopic (exact) mass is 197 g/mol. The number of carbonyl (C=O) groups excluding carboxylic acids is 1. The number of hydrogen-bond donors (Lipinski definition) is 1. The molecule has 1 amide bonds. The Balaban J connectivity index is 2.01. The molecule has 4 bridgehead atoms. The van der Waals surface area contributed by atoms with E-state index in [2.05, 4.69) is 41.7 Å². The summed E-state index contributed by atoms with van der Waals surface area (Å²) in [5, 5.41) is 3.06. The van der Waals surface area contributed by atoms with Gasteiger partial charge < -0.3 is 5.32 Å². The summed E-state index contributed by atoms with van der Waals surface area (Å²) in [4.78, 5) is 11.8. The summed E-state index contributed by atoms with van der Waals surface area (Å²) in [6.45, 7) is 0. The Bertz CT molecular complexity index is 491. The van der Waals surface area contributed by atoms with Gasteiger partial charge in [-0.25, -0.2) is 0 Å². The summed E-state index contributed by atoms with van der Waals surface area (Å²) in [5.41, 5.74) is 2.74. The minimum absolute atomic E-state index is 0.164. The van der Waals surface area contributed by atoms with Gasteiger partial charge >= 0.3 is 0 Å². The molecule has 1 saturated heterocycles. The number of allylic oxidation sites excluding steroid dienone is 1. The lowest BCUT2D eigenvalue weighted by Gasteiger charge is -2.19. The molecule has 0 spiro atoms. The van der Waals surface area contributed by atoms with Crippen molar-refractivity contribution in [2.75, 3.05) is 0 Å². The van der Waals surface area contributed by atoms with E-state index < -0.39 is 0 Å². The van der Waals surface area contributed by atoms with Gasteiger partial charge in [0.1, 0.15) is 0 Å². The van der Waals surface area contributed by atoms with Crippen LogP contribution in [0.1, 0.15) is 23.0 Å². The third-order valence-corrected chi connectivity index (χ3v) is 4.01. The van der Waals surface area contributed by atoms with Crippen molar-refractivity contribution in [2.45, 2.75) is 17.9 Å². The van der Waals surface area contributed by atoms with Gasteiger partial charge in [0.15, 0.2) is 0 Å². The Morgan fingerprint density at radius 2 is 1.80 bits per heavy atom. The second-order valence-electron chi connectivity index (χ2n) is 4.63. The highest BCUT2D eigenvalue weighted by atomic mass is 16.2. The van der Waals surface area contributed by atoms with E-state index in [1.54, 1.807) is 0 Å². The largest absolute Gasteiger partial charge is 0.349 e. The zero-order chi connectivity index (χ0) is 9.99. The van der Waals surface area contributed by atoms with Crippen molar-refractivity contribution in [3.63, 3.8) is 0 Å². The van der Waals surface area contributed by atoms with E-state index in [0.29, 0.717) is 11.8 Å². The van der Waals surface area contributed by atoms with Gasteiger partial charge in [-0.3, -0.25) is 4.79 Å². The van der Waals surface area contributed by atoms with Crippen molar-refractivity contribution in [1.29, 1.82) is 0 Å². The van der Waals surface area contributed by atoms with E-state index in [-0.39, 0.29) is 17.9 Å². The van der Waals surface area contributed by atoms with Gasteiger partial charge in [-0.2, -0.15) is 0 Å². The fourth-order valence-corrected chi connectivity index (χ4v) is 3.45. The number of rotatable bonds is 0. The first-order valence-corrected chi connectivity index (χ1v) is 5.44. The number of fused-ring (bicyclic) bond motifs is 2. The molecule has 0 saturated carbocycles. The first-order valence-electron chi connectivity index (χ1n) is 5.44. The summed E-state index contributed by atoms with van der Waals surface area (Å²) in [5.74, 6) is 1.11. The zero-order valence-electron chi connectivity index (χ0n) is 8.18. The molecule has 1 fully saturated rings. The Morgan fingerprint density at radius 1 is 1.00 bits per heavy atom. The molecule has 4 rings (SSSR count). The van der Waals surface area contributed by atoms with Crippen LogP contribution in [0, 0.1) is 5.92 Å². The molecule has 1 N–H and O–H groups in total. The van der Waals surface area contributed by atoms with E-state index in [1.807, 2.05) is 0 Å². The van der Waals surface area contributed by atoms with Crippen molar-refractivity contribution in [3.05, 3.63) is 47.5 Å². The standard InChI is InChI=1S/C13H11NO/c15-13-12-9-5-6-10(14-13)11(12)8-4-2-1-3-7(8)9/h1-6,9-12H,(H,14,15)/t9-,10+,11-,12-/m1/s1. The van der Waals surface area contributed by atoms with Gasteiger partial charge in [0.25, 0.3) is 0 Å². The van der Waals surface area contributed by atoms with E-state index in [9.17, 15) is 4.79 Å². The van der Waals surface area contributed by atoms with Crippen molar-refractivity contribution >= 4 is 5.91 Å². The van der Waals surface area contributed by atoms with Crippen LogP contribution in [-0.2, 0) is 4.79 Å². The van der Waals surface area contributed by atoms with Crippen LogP contribution in [0.15, 0.2) is 36.4 Å². The Labute approximate surface area is 88.0 Å². The number of amides is 1. The molecule has 1 aliphatic heterocycles. The van der Waals surface area contributed by atoms with Crippen LogP contribution in [0.4, 0.5) is 0 Å². The van der Waals surface area contributed by atoms with Crippen LogP contribution < -0.4 is 5.32 Å². The predicted octanol–water partition coefficient (Wildman–Crippen LogP) is 1.55. The molecule has 2 nitrogen and oxygen atoms in total. The van der Waals surface area contributed by atoms with Crippen molar-refractivity contribution in [3.8, 4) is 0 Å². The van der Waals surface area contributed by atoms with Gasteiger partial charge in [-0.15, -0.1) is 0 Å². The molecule has 2 aliphatic carbocycles. The molecule has 15 heavy (non-hydrogen) atoms. The molecule has 0 radical (unpaired) electrons. The average molecular weight is 197 g/mol. The maximum Gasteiger partial charge on any atom is 0.225 e. The molecule has 4 atom stereocenters. The molecule has 1 heterocycles. The van der Waals surface area contributed by atoms with Crippen LogP contribution in [0.5, 0.6) is 0 Å². The predicted molar refractivity (Wildman–Crippen MR) is 56.5 cm³/mol. The van der Waals surface area contributed by atoms with E-state index >= 15 is 0 Å². The number of nitrogens with one attached hydrogen (secondary N) is 1. The highest BCUT2D eigenvalue weighted by Gasteiger charge is 2.53. The van der Waals surface area contributed by atoms with Crippen LogP contribution in [0.2, 0.25) is 0 Å². The summed E-state index contributed by atoms with van der Waals surface area (Å²) in [6, 6.07) is 8.72. The smallest absolute Gasteiger partial charge is 0.225 e. The van der Waals surface area contributed by atoms with Gasteiger partial charge in [-0.1, -0.05) is 36.4 Å². The van der Waals surface area contributed by atoms with Crippen molar-refractivity contribution in [1.82, 2.24) is 5.32 Å². The summed E-state index contributed by atoms with van der Waals surface area (Å²) in [7, 11) is 0. The first-order chi connectivity index (χ1) is 7.36. The quantitative estimate of drug-likeness (QED) is 0.628. The molecule has 74 valence electrons. The summed E-state index contributed by atoms with van der Waals surface area (Å²) in [6.07, 6.45) is 4.37. The van der Waals surface area contributed by atoms with Crippen molar-refractivity contribution < 1.29 is 4.79 Å². The highest BCUT2D eigenvalue weighted by molar-refractivity contribution is 5.87. The first kappa shape index (κ1) is 7.69.